The van der Waals surface area contributed by atoms with E-state index in [1.54, 1.807) is 0 Å². The molecule has 156 valence electrons. The molecule has 2 fully saturated rings. The van der Waals surface area contributed by atoms with E-state index in [4.69, 9.17) is 4.98 Å². The Balaban J connectivity index is 1.49. The van der Waals surface area contributed by atoms with E-state index in [-0.39, 0.29) is 11.9 Å². The van der Waals surface area contributed by atoms with Gasteiger partial charge in [-0.25, -0.2) is 4.98 Å². The van der Waals surface area contributed by atoms with Crippen LogP contribution >= 0.6 is 0 Å². The van der Waals surface area contributed by atoms with Gasteiger partial charge in [-0.15, -0.1) is 0 Å². The molecule has 5 nitrogen and oxygen atoms in total. The van der Waals surface area contributed by atoms with E-state index in [9.17, 15) is 4.79 Å². The Kier molecular flexibility index (Phi) is 4.84. The number of carbonyl (C=O) groups excluding carboxylic acids is 1. The van der Waals surface area contributed by atoms with Crippen molar-refractivity contribution in [3.8, 4) is 11.3 Å². The number of rotatable bonds is 5. The monoisotopic (exact) mass is 402 g/mol. The van der Waals surface area contributed by atoms with Crippen molar-refractivity contribution in [3.63, 3.8) is 0 Å². The van der Waals surface area contributed by atoms with Crippen LogP contribution in [-0.4, -0.2) is 26.7 Å². The number of aromatic nitrogens is 3. The van der Waals surface area contributed by atoms with Crippen LogP contribution in [0.2, 0.25) is 0 Å². The predicted octanol–water partition coefficient (Wildman–Crippen LogP) is 4.98. The van der Waals surface area contributed by atoms with Crippen molar-refractivity contribution in [2.75, 3.05) is 0 Å². The topological polar surface area (TPSA) is 59.8 Å². The molecule has 3 aromatic rings. The van der Waals surface area contributed by atoms with Gasteiger partial charge in [-0.1, -0.05) is 24.6 Å². The van der Waals surface area contributed by atoms with Crippen LogP contribution in [0.25, 0.3) is 22.2 Å². The van der Waals surface area contributed by atoms with Crippen molar-refractivity contribution in [3.05, 3.63) is 47.8 Å². The molecule has 30 heavy (non-hydrogen) atoms. The summed E-state index contributed by atoms with van der Waals surface area (Å²) in [4.78, 5) is 18.3. The van der Waals surface area contributed by atoms with Crippen LogP contribution in [0.1, 0.15) is 55.6 Å². The SMILES string of the molecule is CCn1cc(-c2cc(C(=O)N[C@@H](C)[C@@H]3C[C@H]4CC[C@H]3C4)c3ccccc3n2)c(C)n1. The molecule has 0 aliphatic heterocycles. The van der Waals surface area contributed by atoms with Crippen molar-refractivity contribution in [2.45, 2.75) is 59.0 Å². The molecule has 5 heteroatoms. The maximum absolute atomic E-state index is 13.4. The first-order valence-electron chi connectivity index (χ1n) is 11.3. The number of hydrogen-bond donors (Lipinski definition) is 1. The van der Waals surface area contributed by atoms with E-state index < -0.39 is 0 Å². The lowest BCUT2D eigenvalue weighted by Crippen LogP contribution is -2.40. The van der Waals surface area contributed by atoms with Gasteiger partial charge < -0.3 is 5.32 Å². The first-order chi connectivity index (χ1) is 14.5. The summed E-state index contributed by atoms with van der Waals surface area (Å²) in [7, 11) is 0. The highest BCUT2D eigenvalue weighted by Crippen LogP contribution is 2.49. The minimum atomic E-state index is 0.00524. The average Bonchev–Trinajstić information content (AvgIpc) is 3.48. The Labute approximate surface area is 177 Å². The lowest BCUT2D eigenvalue weighted by atomic mass is 9.84. The Morgan fingerprint density at radius 3 is 2.80 bits per heavy atom. The van der Waals surface area contributed by atoms with E-state index in [0.29, 0.717) is 11.5 Å². The molecule has 2 saturated carbocycles. The Bertz CT molecular complexity index is 1100. The molecule has 2 heterocycles. The van der Waals surface area contributed by atoms with Gasteiger partial charge in [0.1, 0.15) is 0 Å². The van der Waals surface area contributed by atoms with Gasteiger partial charge in [0.05, 0.1) is 22.5 Å². The standard InChI is InChI=1S/C25H30N4O/c1-4-29-14-22(16(3)28-29)24-13-21(19-7-5-6-8-23(19)27-24)25(30)26-15(2)20-12-17-9-10-18(20)11-17/h5-8,13-15,17-18,20H,4,9-12H2,1-3H3,(H,26,30)/t15-,17-,18-,20-/m0/s1. The van der Waals surface area contributed by atoms with Crippen LogP contribution in [0.5, 0.6) is 0 Å². The summed E-state index contributed by atoms with van der Waals surface area (Å²) in [6.07, 6.45) is 7.35. The minimum absolute atomic E-state index is 0.00524. The van der Waals surface area contributed by atoms with Gasteiger partial charge in [-0.3, -0.25) is 9.48 Å². The summed E-state index contributed by atoms with van der Waals surface area (Å²) >= 11 is 0. The smallest absolute Gasteiger partial charge is 0.252 e. The number of carbonyl (C=O) groups is 1. The molecule has 0 radical (unpaired) electrons. The highest BCUT2D eigenvalue weighted by molar-refractivity contribution is 6.07. The Morgan fingerprint density at radius 1 is 1.27 bits per heavy atom. The molecule has 2 aromatic heterocycles. The molecule has 0 unspecified atom stereocenters. The fourth-order valence-electron chi connectivity index (χ4n) is 5.73. The summed E-state index contributed by atoms with van der Waals surface area (Å²) in [6.45, 7) is 7.06. The number of nitrogens with one attached hydrogen (secondary N) is 1. The van der Waals surface area contributed by atoms with Crippen LogP contribution in [0, 0.1) is 24.7 Å². The van der Waals surface area contributed by atoms with Gasteiger partial charge >= 0.3 is 0 Å². The molecular weight excluding hydrogens is 372 g/mol. The second-order valence-electron chi connectivity index (χ2n) is 9.16. The zero-order chi connectivity index (χ0) is 20.8. The number of aryl methyl sites for hydroxylation is 2. The van der Waals surface area contributed by atoms with Crippen LogP contribution < -0.4 is 5.32 Å². The summed E-state index contributed by atoms with van der Waals surface area (Å²) in [6, 6.07) is 10.1. The third-order valence-corrected chi connectivity index (χ3v) is 7.30. The number of pyridine rings is 1. The maximum atomic E-state index is 13.4. The summed E-state index contributed by atoms with van der Waals surface area (Å²) in [5.74, 6) is 2.29. The van der Waals surface area contributed by atoms with Crippen LogP contribution in [0.15, 0.2) is 36.5 Å². The number of amides is 1. The predicted molar refractivity (Wildman–Crippen MR) is 119 cm³/mol. The highest BCUT2D eigenvalue weighted by Gasteiger charge is 2.42. The number of para-hydroxylation sites is 1. The molecule has 2 aliphatic carbocycles. The fourth-order valence-corrected chi connectivity index (χ4v) is 5.73. The van der Waals surface area contributed by atoms with Gasteiger partial charge in [-0.05, 0) is 69.9 Å². The molecule has 0 spiro atoms. The third kappa shape index (κ3) is 3.30. The molecule has 1 amide bonds. The minimum Gasteiger partial charge on any atom is -0.349 e. The normalized spacial score (nSPS) is 23.8. The van der Waals surface area contributed by atoms with Crippen LogP contribution in [0.4, 0.5) is 0 Å². The van der Waals surface area contributed by atoms with Crippen molar-refractivity contribution in [1.29, 1.82) is 0 Å². The number of benzene rings is 1. The lowest BCUT2D eigenvalue weighted by molar-refractivity contribution is 0.0917. The fraction of sp³-hybridized carbons (Fsp3) is 0.480. The van der Waals surface area contributed by atoms with E-state index in [1.807, 2.05) is 48.1 Å². The molecule has 1 N–H and O–H groups in total. The molecule has 2 bridgehead atoms. The van der Waals surface area contributed by atoms with E-state index in [1.165, 1.54) is 25.7 Å². The Morgan fingerprint density at radius 2 is 2.10 bits per heavy atom. The van der Waals surface area contributed by atoms with Gasteiger partial charge in [0.2, 0.25) is 0 Å². The number of fused-ring (bicyclic) bond motifs is 3. The highest BCUT2D eigenvalue weighted by atomic mass is 16.1. The van der Waals surface area contributed by atoms with Gasteiger partial charge in [0, 0.05) is 29.7 Å². The van der Waals surface area contributed by atoms with E-state index >= 15 is 0 Å². The first kappa shape index (κ1) is 19.3. The number of hydrogen-bond acceptors (Lipinski definition) is 3. The van der Waals surface area contributed by atoms with Gasteiger partial charge in [0.15, 0.2) is 0 Å². The number of nitrogens with zero attached hydrogens (tertiary/aromatic N) is 3. The zero-order valence-corrected chi connectivity index (χ0v) is 18.1. The Hall–Kier alpha value is -2.69. The van der Waals surface area contributed by atoms with Gasteiger partial charge in [-0.2, -0.15) is 5.10 Å². The van der Waals surface area contributed by atoms with Crippen molar-refractivity contribution < 1.29 is 4.79 Å². The molecule has 5 rings (SSSR count). The third-order valence-electron chi connectivity index (χ3n) is 7.30. The lowest BCUT2D eigenvalue weighted by Gasteiger charge is -2.28. The van der Waals surface area contributed by atoms with E-state index in [0.717, 1.165) is 46.2 Å². The molecule has 0 saturated heterocycles. The van der Waals surface area contributed by atoms with Crippen molar-refractivity contribution in [2.24, 2.45) is 17.8 Å². The summed E-state index contributed by atoms with van der Waals surface area (Å²) in [5.41, 5.74) is 4.27. The molecule has 4 atom stereocenters. The molecule has 1 aromatic carbocycles. The largest absolute Gasteiger partial charge is 0.349 e. The van der Waals surface area contributed by atoms with Gasteiger partial charge in [0.25, 0.3) is 5.91 Å². The maximum Gasteiger partial charge on any atom is 0.252 e. The second-order valence-corrected chi connectivity index (χ2v) is 9.16. The quantitative estimate of drug-likeness (QED) is 0.655. The average molecular weight is 403 g/mol. The van der Waals surface area contributed by atoms with Crippen molar-refractivity contribution in [1.82, 2.24) is 20.1 Å². The molecular formula is C25H30N4O. The zero-order valence-electron chi connectivity index (χ0n) is 18.1. The summed E-state index contributed by atoms with van der Waals surface area (Å²) < 4.78 is 1.92. The van der Waals surface area contributed by atoms with Crippen molar-refractivity contribution >= 4 is 16.8 Å². The van der Waals surface area contributed by atoms with E-state index in [2.05, 4.69) is 24.3 Å². The second kappa shape index (κ2) is 7.53. The summed E-state index contributed by atoms with van der Waals surface area (Å²) in [5, 5.41) is 8.80. The van der Waals surface area contributed by atoms with Crippen LogP contribution in [0.3, 0.4) is 0 Å². The first-order valence-corrected chi connectivity index (χ1v) is 11.3. The molecule has 2 aliphatic rings. The van der Waals surface area contributed by atoms with Crippen LogP contribution in [-0.2, 0) is 6.54 Å².